The minimum atomic E-state index is -0.630. The summed E-state index contributed by atoms with van der Waals surface area (Å²) in [5.41, 5.74) is 2.64. The first-order valence-corrected chi connectivity index (χ1v) is 6.81. The van der Waals surface area contributed by atoms with Gasteiger partial charge in [0, 0.05) is 5.02 Å². The van der Waals surface area contributed by atoms with Gasteiger partial charge in [0.05, 0.1) is 0 Å². The minimum Gasteiger partial charge on any atom is -0.384 e. The van der Waals surface area contributed by atoms with Crippen molar-refractivity contribution in [2.75, 3.05) is 0 Å². The largest absolute Gasteiger partial charge is 0.384 e. The van der Waals surface area contributed by atoms with Crippen molar-refractivity contribution >= 4 is 17.2 Å². The number of hydrogen-bond acceptors (Lipinski definition) is 1. The number of aliphatic hydroxyl groups is 1. The highest BCUT2D eigenvalue weighted by molar-refractivity contribution is 6.32. The van der Waals surface area contributed by atoms with E-state index in [1.54, 1.807) is 0 Å². The van der Waals surface area contributed by atoms with Crippen LogP contribution in [0.3, 0.4) is 0 Å². The fourth-order valence-corrected chi connectivity index (χ4v) is 2.51. The van der Waals surface area contributed by atoms with Crippen LogP contribution >= 0.6 is 11.6 Å². The molecule has 0 amide bonds. The van der Waals surface area contributed by atoms with Crippen molar-refractivity contribution in [1.29, 1.82) is 0 Å². The summed E-state index contributed by atoms with van der Waals surface area (Å²) in [7, 11) is 0. The van der Waals surface area contributed by atoms with Crippen LogP contribution < -0.4 is 0 Å². The second-order valence-corrected chi connectivity index (χ2v) is 6.17. The molecule has 100 valence electrons. The van der Waals surface area contributed by atoms with Crippen molar-refractivity contribution in [1.82, 2.24) is 0 Å². The van der Waals surface area contributed by atoms with E-state index in [1.807, 2.05) is 48.6 Å². The number of halogens is 1. The van der Waals surface area contributed by atoms with Gasteiger partial charge in [-0.05, 0) is 28.2 Å². The van der Waals surface area contributed by atoms with Crippen molar-refractivity contribution in [2.24, 2.45) is 5.41 Å². The Hall–Kier alpha value is -1.31. The van der Waals surface area contributed by atoms with E-state index < -0.39 is 6.10 Å². The Morgan fingerprint density at radius 3 is 2.32 bits per heavy atom. The van der Waals surface area contributed by atoms with Gasteiger partial charge in [-0.2, -0.15) is 0 Å². The lowest BCUT2D eigenvalue weighted by Crippen LogP contribution is -2.23. The van der Waals surface area contributed by atoms with Crippen LogP contribution in [0.1, 0.15) is 26.3 Å². The number of hydrogen-bond donors (Lipinski definition) is 1. The summed E-state index contributed by atoms with van der Waals surface area (Å²) >= 11 is 6.24. The van der Waals surface area contributed by atoms with E-state index in [0.717, 1.165) is 16.7 Å². The molecule has 0 spiro atoms. The van der Waals surface area contributed by atoms with E-state index in [9.17, 15) is 5.11 Å². The Bertz CT molecular complexity index is 559. The van der Waals surface area contributed by atoms with Gasteiger partial charge in [-0.1, -0.05) is 74.9 Å². The quantitative estimate of drug-likeness (QED) is 0.792. The molecule has 0 radical (unpaired) electrons. The first-order chi connectivity index (χ1) is 8.91. The SMILES string of the molecule is CC(C)(C)C1=CC=CC=C(c2ccccc2Cl)C1O. The lowest BCUT2D eigenvalue weighted by molar-refractivity contribution is 0.238. The third-order valence-electron chi connectivity index (χ3n) is 3.30. The molecule has 1 atom stereocenters. The Kier molecular flexibility index (Phi) is 3.98. The maximum absolute atomic E-state index is 10.7. The van der Waals surface area contributed by atoms with E-state index in [-0.39, 0.29) is 5.41 Å². The van der Waals surface area contributed by atoms with Gasteiger partial charge in [0.25, 0.3) is 0 Å². The van der Waals surface area contributed by atoms with Crippen molar-refractivity contribution in [2.45, 2.75) is 26.9 Å². The summed E-state index contributed by atoms with van der Waals surface area (Å²) in [5, 5.41) is 11.4. The van der Waals surface area contributed by atoms with Crippen LogP contribution in [0.15, 0.2) is 54.1 Å². The minimum absolute atomic E-state index is 0.0888. The monoisotopic (exact) mass is 274 g/mol. The zero-order valence-corrected chi connectivity index (χ0v) is 12.3. The fraction of sp³-hybridized carbons (Fsp3) is 0.294. The number of aliphatic hydroxyl groups excluding tert-OH is 1. The lowest BCUT2D eigenvalue weighted by atomic mass is 9.80. The standard InChI is InChI=1S/C17H19ClO/c1-17(2,3)14-10-6-4-9-13(16(14)19)12-8-5-7-11-15(12)18/h4-11,16,19H,1-3H3. The van der Waals surface area contributed by atoms with Crippen LogP contribution in [0.25, 0.3) is 5.57 Å². The van der Waals surface area contributed by atoms with E-state index in [0.29, 0.717) is 5.02 Å². The molecule has 0 fully saturated rings. The van der Waals surface area contributed by atoms with Gasteiger partial charge in [0.15, 0.2) is 0 Å². The van der Waals surface area contributed by atoms with Gasteiger partial charge >= 0.3 is 0 Å². The van der Waals surface area contributed by atoms with Gasteiger partial charge in [0.1, 0.15) is 6.10 Å². The predicted molar refractivity (Wildman–Crippen MR) is 82.1 cm³/mol. The maximum atomic E-state index is 10.7. The van der Waals surface area contributed by atoms with Gasteiger partial charge in [-0.3, -0.25) is 0 Å². The molecule has 2 rings (SSSR count). The third-order valence-corrected chi connectivity index (χ3v) is 3.63. The molecule has 0 heterocycles. The normalized spacial score (nSPS) is 19.7. The molecule has 0 aliphatic heterocycles. The number of benzene rings is 1. The first kappa shape index (κ1) is 14.1. The fourth-order valence-electron chi connectivity index (χ4n) is 2.26. The molecule has 0 saturated heterocycles. The van der Waals surface area contributed by atoms with Crippen molar-refractivity contribution in [3.05, 3.63) is 64.7 Å². The molecule has 0 aromatic heterocycles. The maximum Gasteiger partial charge on any atom is 0.101 e. The predicted octanol–water partition coefficient (Wildman–Crippen LogP) is 4.63. The topological polar surface area (TPSA) is 20.2 Å². The van der Waals surface area contributed by atoms with Crippen LogP contribution in [0.4, 0.5) is 0 Å². The highest BCUT2D eigenvalue weighted by Crippen LogP contribution is 2.37. The molecule has 19 heavy (non-hydrogen) atoms. The van der Waals surface area contributed by atoms with E-state index in [2.05, 4.69) is 20.8 Å². The summed E-state index contributed by atoms with van der Waals surface area (Å²) in [6.07, 6.45) is 7.20. The molecular formula is C17H19ClO. The molecule has 0 saturated carbocycles. The first-order valence-electron chi connectivity index (χ1n) is 6.43. The highest BCUT2D eigenvalue weighted by Gasteiger charge is 2.27. The Balaban J connectivity index is 2.49. The van der Waals surface area contributed by atoms with Crippen molar-refractivity contribution in [3.8, 4) is 0 Å². The van der Waals surface area contributed by atoms with Gasteiger partial charge in [-0.25, -0.2) is 0 Å². The lowest BCUT2D eigenvalue weighted by Gasteiger charge is -2.28. The Morgan fingerprint density at radius 1 is 1.05 bits per heavy atom. The van der Waals surface area contributed by atoms with Gasteiger partial charge < -0.3 is 5.11 Å². The summed E-state index contributed by atoms with van der Waals surface area (Å²) < 4.78 is 0. The molecule has 2 heteroatoms. The molecule has 1 aromatic rings. The number of allylic oxidation sites excluding steroid dienone is 4. The highest BCUT2D eigenvalue weighted by atomic mass is 35.5. The van der Waals surface area contributed by atoms with Crippen molar-refractivity contribution < 1.29 is 5.11 Å². The molecule has 1 aliphatic rings. The summed E-state index contributed by atoms with van der Waals surface area (Å²) in [5.74, 6) is 0. The number of rotatable bonds is 1. The van der Waals surface area contributed by atoms with Gasteiger partial charge in [0.2, 0.25) is 0 Å². The van der Waals surface area contributed by atoms with Crippen molar-refractivity contribution in [3.63, 3.8) is 0 Å². The molecule has 0 bridgehead atoms. The van der Waals surface area contributed by atoms with Crippen LogP contribution in [0.5, 0.6) is 0 Å². The van der Waals surface area contributed by atoms with Gasteiger partial charge in [-0.15, -0.1) is 0 Å². The average Bonchev–Trinajstić information content (AvgIpc) is 2.51. The molecule has 1 nitrogen and oxygen atoms in total. The van der Waals surface area contributed by atoms with Crippen LogP contribution in [0.2, 0.25) is 5.02 Å². The van der Waals surface area contributed by atoms with E-state index in [1.165, 1.54) is 0 Å². The molecule has 1 aromatic carbocycles. The molecule has 1 aliphatic carbocycles. The van der Waals surface area contributed by atoms with E-state index >= 15 is 0 Å². The summed E-state index contributed by atoms with van der Waals surface area (Å²) in [6, 6.07) is 7.62. The molecular weight excluding hydrogens is 256 g/mol. The second-order valence-electron chi connectivity index (χ2n) is 5.76. The zero-order chi connectivity index (χ0) is 14.0. The summed E-state index contributed by atoms with van der Waals surface area (Å²) in [4.78, 5) is 0. The van der Waals surface area contributed by atoms with Crippen LogP contribution in [-0.4, -0.2) is 11.2 Å². The molecule has 1 unspecified atom stereocenters. The smallest absolute Gasteiger partial charge is 0.101 e. The Morgan fingerprint density at radius 2 is 1.68 bits per heavy atom. The zero-order valence-electron chi connectivity index (χ0n) is 11.5. The Labute approximate surface area is 119 Å². The van der Waals surface area contributed by atoms with Crippen LogP contribution in [0, 0.1) is 5.41 Å². The molecule has 1 N–H and O–H groups in total. The van der Waals surface area contributed by atoms with Crippen LogP contribution in [-0.2, 0) is 0 Å². The second kappa shape index (κ2) is 5.36. The summed E-state index contributed by atoms with van der Waals surface area (Å²) in [6.45, 7) is 6.31. The average molecular weight is 275 g/mol. The van der Waals surface area contributed by atoms with E-state index in [4.69, 9.17) is 11.6 Å². The third kappa shape index (κ3) is 2.99.